The molecule has 26 heavy (non-hydrogen) atoms. The molecule has 132 valence electrons. The van der Waals surface area contributed by atoms with Gasteiger partial charge in [0, 0.05) is 18.0 Å². The summed E-state index contributed by atoms with van der Waals surface area (Å²) < 4.78 is 0. The highest BCUT2D eigenvalue weighted by atomic mass is 35.5. The summed E-state index contributed by atoms with van der Waals surface area (Å²) in [4.78, 5) is 28.9. The summed E-state index contributed by atoms with van der Waals surface area (Å²) >= 11 is 6.23. The van der Waals surface area contributed by atoms with E-state index in [9.17, 15) is 9.59 Å². The molecule has 1 saturated heterocycles. The molecule has 0 radical (unpaired) electrons. The van der Waals surface area contributed by atoms with E-state index in [-0.39, 0.29) is 24.4 Å². The molecule has 7 heteroatoms. The lowest BCUT2D eigenvalue weighted by molar-refractivity contribution is -0.121. The van der Waals surface area contributed by atoms with Crippen LogP contribution in [0.15, 0.2) is 48.5 Å². The average molecular weight is 369 g/mol. The van der Waals surface area contributed by atoms with Crippen LogP contribution in [0.5, 0.6) is 0 Å². The second kappa shape index (κ2) is 6.46. The minimum absolute atomic E-state index is 0.00753. The number of hydrogen-bond donors (Lipinski definition) is 1. The zero-order chi connectivity index (χ0) is 18.3. The van der Waals surface area contributed by atoms with Crippen molar-refractivity contribution in [3.63, 3.8) is 0 Å². The van der Waals surface area contributed by atoms with Crippen LogP contribution in [0.3, 0.4) is 0 Å². The molecule has 0 bridgehead atoms. The summed E-state index contributed by atoms with van der Waals surface area (Å²) in [6.07, 6.45) is 0. The van der Waals surface area contributed by atoms with Gasteiger partial charge >= 0.3 is 0 Å². The largest absolute Gasteiger partial charge is 0.323 e. The summed E-state index contributed by atoms with van der Waals surface area (Å²) in [5, 5.41) is 8.30. The number of aromatic amines is 1. The van der Waals surface area contributed by atoms with Gasteiger partial charge in [-0.15, -0.1) is 0 Å². The maximum atomic E-state index is 13.0. The van der Waals surface area contributed by atoms with Gasteiger partial charge in [0.15, 0.2) is 5.69 Å². The Morgan fingerprint density at radius 1 is 1.19 bits per heavy atom. The maximum Gasteiger partial charge on any atom is 0.275 e. The van der Waals surface area contributed by atoms with Gasteiger partial charge in [0.2, 0.25) is 5.91 Å². The Bertz CT molecular complexity index is 1000. The Hall–Kier alpha value is -2.86. The number of piperazine rings is 1. The highest BCUT2D eigenvalue weighted by molar-refractivity contribution is 6.33. The van der Waals surface area contributed by atoms with Gasteiger partial charge in [-0.1, -0.05) is 41.9 Å². The van der Waals surface area contributed by atoms with E-state index < -0.39 is 0 Å². The summed E-state index contributed by atoms with van der Waals surface area (Å²) in [6, 6.07) is 14.5. The summed E-state index contributed by atoms with van der Waals surface area (Å²) in [5.41, 5.74) is 1.80. The molecular formula is C19H17ClN4O2. The molecule has 4 rings (SSSR count). The van der Waals surface area contributed by atoms with Crippen molar-refractivity contribution in [1.29, 1.82) is 0 Å². The first-order valence-electron chi connectivity index (χ1n) is 8.35. The molecule has 0 unspecified atom stereocenters. The van der Waals surface area contributed by atoms with Crippen LogP contribution >= 0.6 is 11.6 Å². The molecule has 2 heterocycles. The van der Waals surface area contributed by atoms with Crippen LogP contribution in [0.4, 0.5) is 5.69 Å². The normalized spacial score (nSPS) is 17.8. The van der Waals surface area contributed by atoms with Crippen LogP contribution in [0.25, 0.3) is 10.9 Å². The number of hydrogen-bond acceptors (Lipinski definition) is 3. The van der Waals surface area contributed by atoms with Gasteiger partial charge < -0.3 is 9.80 Å². The minimum Gasteiger partial charge on any atom is -0.323 e. The first kappa shape index (κ1) is 16.6. The fourth-order valence-corrected chi connectivity index (χ4v) is 3.53. The van der Waals surface area contributed by atoms with E-state index in [1.165, 1.54) is 0 Å². The third-order valence-corrected chi connectivity index (χ3v) is 4.98. The zero-order valence-electron chi connectivity index (χ0n) is 14.1. The molecule has 0 saturated carbocycles. The molecular weight excluding hydrogens is 352 g/mol. The Labute approximate surface area is 155 Å². The third-order valence-electron chi connectivity index (χ3n) is 4.66. The Kier molecular flexibility index (Phi) is 4.12. The van der Waals surface area contributed by atoms with E-state index in [1.54, 1.807) is 15.9 Å². The van der Waals surface area contributed by atoms with Gasteiger partial charge in [-0.3, -0.25) is 14.7 Å². The van der Waals surface area contributed by atoms with Gasteiger partial charge in [0.25, 0.3) is 5.91 Å². The first-order valence-corrected chi connectivity index (χ1v) is 8.73. The third kappa shape index (κ3) is 2.72. The maximum absolute atomic E-state index is 13.0. The van der Waals surface area contributed by atoms with Crippen molar-refractivity contribution in [2.75, 3.05) is 18.0 Å². The van der Waals surface area contributed by atoms with Crippen molar-refractivity contribution in [1.82, 2.24) is 15.1 Å². The van der Waals surface area contributed by atoms with E-state index in [0.29, 0.717) is 22.9 Å². The molecule has 6 nitrogen and oxygen atoms in total. The number of amides is 2. The van der Waals surface area contributed by atoms with Crippen LogP contribution in [-0.4, -0.2) is 46.0 Å². The number of halogens is 1. The molecule has 1 atom stereocenters. The SMILES string of the molecule is C[C@H]1CN(c2ccccc2Cl)C(=O)CN1C(=O)c1n[nH]c2ccccc12. The van der Waals surface area contributed by atoms with Gasteiger partial charge in [-0.05, 0) is 25.1 Å². The smallest absolute Gasteiger partial charge is 0.275 e. The van der Waals surface area contributed by atoms with E-state index in [2.05, 4.69) is 10.2 Å². The van der Waals surface area contributed by atoms with Crippen molar-refractivity contribution in [2.24, 2.45) is 0 Å². The van der Waals surface area contributed by atoms with Gasteiger partial charge in [-0.25, -0.2) is 0 Å². The molecule has 3 aromatic rings. The van der Waals surface area contributed by atoms with E-state index in [1.807, 2.05) is 49.4 Å². The number of carbonyl (C=O) groups excluding carboxylic acids is 2. The molecule has 1 aromatic heterocycles. The number of carbonyl (C=O) groups is 2. The molecule has 1 aliphatic heterocycles. The van der Waals surface area contributed by atoms with E-state index >= 15 is 0 Å². The quantitative estimate of drug-likeness (QED) is 0.755. The number of H-pyrrole nitrogens is 1. The van der Waals surface area contributed by atoms with Crippen LogP contribution in [0.2, 0.25) is 5.02 Å². The fraction of sp³-hybridized carbons (Fsp3) is 0.211. The molecule has 2 aromatic carbocycles. The average Bonchev–Trinajstić information content (AvgIpc) is 3.07. The number of anilines is 1. The predicted molar refractivity (Wildman–Crippen MR) is 100 cm³/mol. The second-order valence-corrected chi connectivity index (χ2v) is 6.76. The molecule has 1 fully saturated rings. The second-order valence-electron chi connectivity index (χ2n) is 6.36. The lowest BCUT2D eigenvalue weighted by atomic mass is 10.1. The van der Waals surface area contributed by atoms with Crippen molar-refractivity contribution >= 4 is 40.0 Å². The predicted octanol–water partition coefficient (Wildman–Crippen LogP) is 3.09. The van der Waals surface area contributed by atoms with Gasteiger partial charge in [0.05, 0.1) is 16.2 Å². The monoisotopic (exact) mass is 368 g/mol. The number of rotatable bonds is 2. The number of nitrogens with one attached hydrogen (secondary N) is 1. The molecule has 2 amide bonds. The standard InChI is InChI=1S/C19H17ClN4O2/c1-12-10-24(16-9-5-3-7-14(16)20)17(25)11-23(12)19(26)18-13-6-2-4-8-15(13)21-22-18/h2-9,12H,10-11H2,1H3,(H,21,22)/t12-/m0/s1. The lowest BCUT2D eigenvalue weighted by Crippen LogP contribution is -2.57. The molecule has 0 aliphatic carbocycles. The minimum atomic E-state index is -0.248. The Balaban J connectivity index is 1.61. The van der Waals surface area contributed by atoms with Gasteiger partial charge in [-0.2, -0.15) is 5.10 Å². The number of fused-ring (bicyclic) bond motifs is 1. The van der Waals surface area contributed by atoms with Crippen LogP contribution < -0.4 is 4.90 Å². The van der Waals surface area contributed by atoms with Crippen molar-refractivity contribution in [3.05, 3.63) is 59.2 Å². The molecule has 1 N–H and O–H groups in total. The Morgan fingerprint density at radius 2 is 1.92 bits per heavy atom. The number of benzene rings is 2. The van der Waals surface area contributed by atoms with Crippen LogP contribution in [0.1, 0.15) is 17.4 Å². The van der Waals surface area contributed by atoms with Crippen molar-refractivity contribution in [3.8, 4) is 0 Å². The van der Waals surface area contributed by atoms with Crippen LogP contribution in [-0.2, 0) is 4.79 Å². The fourth-order valence-electron chi connectivity index (χ4n) is 3.29. The Morgan fingerprint density at radius 3 is 2.73 bits per heavy atom. The molecule has 1 aliphatic rings. The highest BCUT2D eigenvalue weighted by Crippen LogP contribution is 2.28. The van der Waals surface area contributed by atoms with E-state index in [4.69, 9.17) is 11.6 Å². The summed E-state index contributed by atoms with van der Waals surface area (Å²) in [6.45, 7) is 2.30. The number of nitrogens with zero attached hydrogens (tertiary/aromatic N) is 3. The van der Waals surface area contributed by atoms with Crippen molar-refractivity contribution < 1.29 is 9.59 Å². The molecule has 0 spiro atoms. The lowest BCUT2D eigenvalue weighted by Gasteiger charge is -2.39. The number of aromatic nitrogens is 2. The highest BCUT2D eigenvalue weighted by Gasteiger charge is 2.35. The zero-order valence-corrected chi connectivity index (χ0v) is 14.9. The number of para-hydroxylation sites is 2. The van der Waals surface area contributed by atoms with E-state index in [0.717, 1.165) is 10.9 Å². The topological polar surface area (TPSA) is 69.3 Å². The van der Waals surface area contributed by atoms with Crippen molar-refractivity contribution in [2.45, 2.75) is 13.0 Å². The summed E-state index contributed by atoms with van der Waals surface area (Å²) in [7, 11) is 0. The van der Waals surface area contributed by atoms with Crippen LogP contribution in [0, 0.1) is 0 Å². The summed E-state index contributed by atoms with van der Waals surface area (Å²) in [5.74, 6) is -0.411. The first-order chi connectivity index (χ1) is 12.6. The van der Waals surface area contributed by atoms with Gasteiger partial charge in [0.1, 0.15) is 6.54 Å².